The molecule has 0 heterocycles. The molecule has 0 amide bonds. The highest BCUT2D eigenvalue weighted by Gasteiger charge is 2.41. The van der Waals surface area contributed by atoms with Crippen LogP contribution in [0, 0.1) is 11.3 Å². The average Bonchev–Trinajstić information content (AvgIpc) is 2.80. The predicted molar refractivity (Wildman–Crippen MR) is 127 cm³/mol. The summed E-state index contributed by atoms with van der Waals surface area (Å²) in [6.45, 7) is 0. The highest BCUT2D eigenvalue weighted by Crippen LogP contribution is 2.44. The maximum absolute atomic E-state index is 13.5. The fourth-order valence-electron chi connectivity index (χ4n) is 3.98. The monoisotopic (exact) mass is 443 g/mol. The van der Waals surface area contributed by atoms with Crippen LogP contribution in [0.5, 0.6) is 0 Å². The minimum atomic E-state index is -0.852. The van der Waals surface area contributed by atoms with Crippen molar-refractivity contribution < 1.29 is 4.79 Å². The minimum Gasteiger partial charge on any atom is -0.289 e. The first-order valence-corrected chi connectivity index (χ1v) is 10.7. The highest BCUT2D eigenvalue weighted by molar-refractivity contribution is 6.33. The van der Waals surface area contributed by atoms with E-state index in [0.29, 0.717) is 34.0 Å². The van der Waals surface area contributed by atoms with Crippen LogP contribution >= 0.6 is 23.2 Å². The number of carbonyl (C=O) groups is 1. The Hall–Kier alpha value is -3.12. The molecule has 0 bridgehead atoms. The average molecular weight is 444 g/mol. The molecule has 4 heteroatoms. The zero-order valence-corrected chi connectivity index (χ0v) is 18.2. The summed E-state index contributed by atoms with van der Waals surface area (Å²) in [6.07, 6.45) is 4.24. The van der Waals surface area contributed by atoms with Gasteiger partial charge in [0.2, 0.25) is 0 Å². The summed E-state index contributed by atoms with van der Waals surface area (Å²) in [5.41, 5.74) is 2.67. The van der Waals surface area contributed by atoms with Crippen molar-refractivity contribution in [1.29, 1.82) is 5.26 Å². The van der Waals surface area contributed by atoms with Crippen molar-refractivity contribution in [2.24, 2.45) is 0 Å². The van der Waals surface area contributed by atoms with Crippen molar-refractivity contribution in [3.63, 3.8) is 0 Å². The molecule has 0 spiro atoms. The summed E-state index contributed by atoms with van der Waals surface area (Å²) in [5.74, 6) is -0.0818. The lowest BCUT2D eigenvalue weighted by atomic mass is 9.66. The van der Waals surface area contributed by atoms with Gasteiger partial charge in [0.05, 0.1) is 11.5 Å². The molecule has 4 rings (SSSR count). The van der Waals surface area contributed by atoms with E-state index in [0.717, 1.165) is 16.7 Å². The first-order valence-electron chi connectivity index (χ1n) is 9.94. The van der Waals surface area contributed by atoms with Gasteiger partial charge in [0, 0.05) is 21.2 Å². The molecule has 0 N–H and O–H groups in total. The standard InChI is InChI=1S/C27H19Cl2NO/c28-24-12-6-4-8-19(24)14-21-16-27(18-30,23-10-2-1-3-11-23)17-22(26(21)31)15-20-9-5-7-13-25(20)29/h1-15H,16-17H2/b21-14-,22-15+. The van der Waals surface area contributed by atoms with E-state index in [2.05, 4.69) is 6.07 Å². The third-order valence-corrected chi connectivity index (χ3v) is 6.27. The fourth-order valence-corrected chi connectivity index (χ4v) is 4.36. The van der Waals surface area contributed by atoms with Crippen LogP contribution < -0.4 is 0 Å². The fraction of sp³-hybridized carbons (Fsp3) is 0.111. The van der Waals surface area contributed by atoms with Crippen LogP contribution in [0.2, 0.25) is 10.0 Å². The molecule has 0 saturated heterocycles. The summed E-state index contributed by atoms with van der Waals surface area (Å²) in [6, 6.07) is 26.9. The normalized spacial score (nSPS) is 21.3. The van der Waals surface area contributed by atoms with Crippen LogP contribution in [-0.4, -0.2) is 5.78 Å². The summed E-state index contributed by atoms with van der Waals surface area (Å²) >= 11 is 12.7. The molecular weight excluding hydrogens is 425 g/mol. The van der Waals surface area contributed by atoms with Gasteiger partial charge in [0.25, 0.3) is 0 Å². The smallest absolute Gasteiger partial charge is 0.185 e. The van der Waals surface area contributed by atoms with Gasteiger partial charge in [0.15, 0.2) is 5.78 Å². The van der Waals surface area contributed by atoms with E-state index in [1.165, 1.54) is 0 Å². The molecular formula is C27H19Cl2NO. The molecule has 2 nitrogen and oxygen atoms in total. The number of hydrogen-bond acceptors (Lipinski definition) is 2. The van der Waals surface area contributed by atoms with Crippen LogP contribution in [0.1, 0.15) is 29.5 Å². The van der Waals surface area contributed by atoms with Crippen LogP contribution in [0.4, 0.5) is 0 Å². The lowest BCUT2D eigenvalue weighted by Gasteiger charge is -2.34. The van der Waals surface area contributed by atoms with Gasteiger partial charge in [-0.3, -0.25) is 4.79 Å². The second-order valence-electron chi connectivity index (χ2n) is 7.62. The SMILES string of the molecule is N#CC1(c2ccccc2)C/C(=C/c2ccccc2Cl)C(=O)/C(=C/c2ccccc2Cl)C1. The first kappa shape index (κ1) is 21.1. The molecule has 3 aromatic rings. The van der Waals surface area contributed by atoms with E-state index < -0.39 is 5.41 Å². The molecule has 31 heavy (non-hydrogen) atoms. The van der Waals surface area contributed by atoms with Crippen molar-refractivity contribution in [2.45, 2.75) is 18.3 Å². The van der Waals surface area contributed by atoms with Gasteiger partial charge in [0.1, 0.15) is 0 Å². The largest absolute Gasteiger partial charge is 0.289 e. The van der Waals surface area contributed by atoms with Gasteiger partial charge in [-0.1, -0.05) is 89.9 Å². The summed E-state index contributed by atoms with van der Waals surface area (Å²) in [5, 5.41) is 11.4. The third kappa shape index (κ3) is 4.35. The molecule has 3 aromatic carbocycles. The number of halogens is 2. The van der Waals surface area contributed by atoms with Crippen molar-refractivity contribution >= 4 is 41.1 Å². The van der Waals surface area contributed by atoms with Gasteiger partial charge < -0.3 is 0 Å². The summed E-state index contributed by atoms with van der Waals surface area (Å²) in [4.78, 5) is 13.5. The number of ketones is 1. The van der Waals surface area contributed by atoms with Gasteiger partial charge in [-0.2, -0.15) is 5.26 Å². The molecule has 1 fully saturated rings. The Morgan fingerprint density at radius 2 is 1.19 bits per heavy atom. The van der Waals surface area contributed by atoms with Gasteiger partial charge >= 0.3 is 0 Å². The highest BCUT2D eigenvalue weighted by atomic mass is 35.5. The van der Waals surface area contributed by atoms with Crippen LogP contribution in [-0.2, 0) is 10.2 Å². The molecule has 1 atom stereocenters. The van der Waals surface area contributed by atoms with Crippen molar-refractivity contribution in [1.82, 2.24) is 0 Å². The number of Topliss-reactive ketones (excluding diaryl/α,β-unsaturated/α-hetero) is 1. The molecule has 1 saturated carbocycles. The topological polar surface area (TPSA) is 40.9 Å². The van der Waals surface area contributed by atoms with Crippen molar-refractivity contribution in [2.75, 3.05) is 0 Å². The van der Waals surface area contributed by atoms with Crippen LogP contribution in [0.15, 0.2) is 90.0 Å². The minimum absolute atomic E-state index is 0.0818. The van der Waals surface area contributed by atoms with Crippen molar-refractivity contribution in [3.8, 4) is 6.07 Å². The van der Waals surface area contributed by atoms with Gasteiger partial charge in [-0.15, -0.1) is 0 Å². The third-order valence-electron chi connectivity index (χ3n) is 5.58. The number of rotatable bonds is 3. The zero-order valence-electron chi connectivity index (χ0n) is 16.7. The lowest BCUT2D eigenvalue weighted by molar-refractivity contribution is -0.113. The quantitative estimate of drug-likeness (QED) is 0.398. The second kappa shape index (κ2) is 8.94. The van der Waals surface area contributed by atoms with Gasteiger partial charge in [-0.25, -0.2) is 0 Å². The number of nitriles is 1. The maximum Gasteiger partial charge on any atom is 0.185 e. The number of nitrogens with zero attached hydrogens (tertiary/aromatic N) is 1. The number of carbonyl (C=O) groups excluding carboxylic acids is 1. The maximum atomic E-state index is 13.5. The van der Waals surface area contributed by atoms with E-state index in [-0.39, 0.29) is 5.78 Å². The molecule has 1 aliphatic rings. The number of benzene rings is 3. The predicted octanol–water partition coefficient (Wildman–Crippen LogP) is 7.28. The molecule has 1 unspecified atom stereocenters. The van der Waals surface area contributed by atoms with E-state index in [1.54, 1.807) is 24.3 Å². The second-order valence-corrected chi connectivity index (χ2v) is 8.44. The molecule has 152 valence electrons. The zero-order chi connectivity index (χ0) is 21.8. The van der Waals surface area contributed by atoms with Gasteiger partial charge in [-0.05, 0) is 53.8 Å². The molecule has 0 aromatic heterocycles. The van der Waals surface area contributed by atoms with E-state index in [1.807, 2.05) is 66.7 Å². The molecule has 1 aliphatic carbocycles. The van der Waals surface area contributed by atoms with Crippen molar-refractivity contribution in [3.05, 3.63) is 117 Å². The summed E-state index contributed by atoms with van der Waals surface area (Å²) in [7, 11) is 0. The van der Waals surface area contributed by atoms with E-state index in [9.17, 15) is 10.1 Å². The molecule has 0 radical (unpaired) electrons. The molecule has 0 aliphatic heterocycles. The Bertz CT molecular complexity index is 1170. The van der Waals surface area contributed by atoms with E-state index >= 15 is 0 Å². The Labute approximate surface area is 192 Å². The summed E-state index contributed by atoms with van der Waals surface area (Å²) < 4.78 is 0. The number of hydrogen-bond donors (Lipinski definition) is 0. The Morgan fingerprint density at radius 1 is 0.742 bits per heavy atom. The lowest BCUT2D eigenvalue weighted by Crippen LogP contribution is -2.33. The van der Waals surface area contributed by atoms with E-state index in [4.69, 9.17) is 23.2 Å². The van der Waals surface area contributed by atoms with Crippen LogP contribution in [0.3, 0.4) is 0 Å². The Balaban J connectivity index is 1.88. The number of allylic oxidation sites excluding steroid dienone is 2. The Kier molecular flexibility index (Phi) is 6.09. The van der Waals surface area contributed by atoms with Crippen LogP contribution in [0.25, 0.3) is 12.2 Å². The first-order chi connectivity index (χ1) is 15.0. The Morgan fingerprint density at radius 3 is 1.65 bits per heavy atom.